The van der Waals surface area contributed by atoms with Crippen LogP contribution < -0.4 is 9.47 Å². The number of ether oxygens (including phenoxy) is 2. The zero-order valence-corrected chi connectivity index (χ0v) is 15.0. The number of fused-ring (bicyclic) bond motifs is 1. The van der Waals surface area contributed by atoms with Crippen molar-refractivity contribution in [2.75, 3.05) is 14.2 Å². The number of hydrogen-bond acceptors (Lipinski definition) is 4. The predicted molar refractivity (Wildman–Crippen MR) is 101 cm³/mol. The number of allylic oxidation sites excluding steroid dienone is 1. The molecule has 0 fully saturated rings. The maximum Gasteiger partial charge on any atom is 0.133 e. The van der Waals surface area contributed by atoms with E-state index in [9.17, 15) is 5.11 Å². The highest BCUT2D eigenvalue weighted by Crippen LogP contribution is 2.43. The summed E-state index contributed by atoms with van der Waals surface area (Å²) < 4.78 is 10.6. The standard InChI is InChI=1S/C21H23NO3/c1-5-21(2)16-8-6-7-9-17(16)22-20(21)11-10-15-18(23)12-14(24-3)13-19(15)25-4/h6-13,23H,5H2,1-4H3/b11-10+. The third kappa shape index (κ3) is 2.88. The third-order valence-electron chi connectivity index (χ3n) is 4.97. The van der Waals surface area contributed by atoms with Crippen molar-refractivity contribution < 1.29 is 14.6 Å². The fourth-order valence-corrected chi connectivity index (χ4v) is 3.23. The lowest BCUT2D eigenvalue weighted by molar-refractivity contribution is 0.384. The molecule has 0 amide bonds. The van der Waals surface area contributed by atoms with Crippen LogP contribution in [0.1, 0.15) is 31.4 Å². The van der Waals surface area contributed by atoms with Crippen LogP contribution in [0.5, 0.6) is 17.2 Å². The van der Waals surface area contributed by atoms with Gasteiger partial charge < -0.3 is 14.6 Å². The average Bonchev–Trinajstić information content (AvgIpc) is 2.93. The number of phenols is 1. The predicted octanol–water partition coefficient (Wildman–Crippen LogP) is 4.88. The SMILES string of the molecule is CCC1(C)C(/C=C/c2c(O)cc(OC)cc2OC)=Nc2ccccc21. The molecule has 2 aromatic rings. The smallest absolute Gasteiger partial charge is 0.133 e. The van der Waals surface area contributed by atoms with E-state index in [4.69, 9.17) is 14.5 Å². The van der Waals surface area contributed by atoms with Crippen LogP contribution in [-0.2, 0) is 5.41 Å². The van der Waals surface area contributed by atoms with Gasteiger partial charge in [0.25, 0.3) is 0 Å². The summed E-state index contributed by atoms with van der Waals surface area (Å²) in [5, 5.41) is 10.3. The summed E-state index contributed by atoms with van der Waals surface area (Å²) in [6, 6.07) is 11.6. The minimum atomic E-state index is -0.136. The zero-order valence-electron chi connectivity index (χ0n) is 15.0. The summed E-state index contributed by atoms with van der Waals surface area (Å²) in [4.78, 5) is 4.79. The number of methoxy groups -OCH3 is 2. The van der Waals surface area contributed by atoms with Crippen LogP contribution in [0.3, 0.4) is 0 Å². The lowest BCUT2D eigenvalue weighted by Crippen LogP contribution is -2.27. The Morgan fingerprint density at radius 1 is 1.12 bits per heavy atom. The van der Waals surface area contributed by atoms with E-state index < -0.39 is 0 Å². The molecule has 1 heterocycles. The van der Waals surface area contributed by atoms with E-state index in [0.717, 1.165) is 17.8 Å². The Morgan fingerprint density at radius 3 is 2.56 bits per heavy atom. The van der Waals surface area contributed by atoms with Crippen molar-refractivity contribution in [1.82, 2.24) is 0 Å². The molecule has 0 saturated carbocycles. The van der Waals surface area contributed by atoms with Crippen LogP contribution in [0.25, 0.3) is 6.08 Å². The van der Waals surface area contributed by atoms with E-state index in [1.54, 1.807) is 26.4 Å². The van der Waals surface area contributed by atoms with Crippen molar-refractivity contribution in [2.24, 2.45) is 4.99 Å². The number of para-hydroxylation sites is 1. The summed E-state index contributed by atoms with van der Waals surface area (Å²) in [6.07, 6.45) is 4.76. The number of hydrogen-bond donors (Lipinski definition) is 1. The highest BCUT2D eigenvalue weighted by atomic mass is 16.5. The molecule has 1 unspecified atom stereocenters. The van der Waals surface area contributed by atoms with Crippen LogP contribution in [0.4, 0.5) is 5.69 Å². The zero-order chi connectivity index (χ0) is 18.0. The lowest BCUT2D eigenvalue weighted by Gasteiger charge is -2.24. The largest absolute Gasteiger partial charge is 0.507 e. The van der Waals surface area contributed by atoms with Crippen LogP contribution in [0, 0.1) is 0 Å². The maximum absolute atomic E-state index is 10.3. The van der Waals surface area contributed by atoms with Gasteiger partial charge in [0.2, 0.25) is 0 Å². The maximum atomic E-state index is 10.3. The van der Waals surface area contributed by atoms with E-state index in [-0.39, 0.29) is 11.2 Å². The van der Waals surface area contributed by atoms with Gasteiger partial charge in [-0.1, -0.05) is 25.1 Å². The Balaban J connectivity index is 2.01. The number of aromatic hydroxyl groups is 1. The van der Waals surface area contributed by atoms with Crippen molar-refractivity contribution >= 4 is 17.5 Å². The molecule has 0 bridgehead atoms. The average molecular weight is 337 g/mol. The molecule has 1 aliphatic rings. The molecule has 0 aromatic heterocycles. The van der Waals surface area contributed by atoms with Gasteiger partial charge in [-0.15, -0.1) is 0 Å². The number of benzene rings is 2. The second-order valence-corrected chi connectivity index (χ2v) is 6.30. The van der Waals surface area contributed by atoms with Gasteiger partial charge in [-0.2, -0.15) is 0 Å². The number of phenolic OH excluding ortho intramolecular Hbond substituents is 1. The highest BCUT2D eigenvalue weighted by molar-refractivity contribution is 6.10. The van der Waals surface area contributed by atoms with Gasteiger partial charge in [0, 0.05) is 17.5 Å². The van der Waals surface area contributed by atoms with Crippen molar-refractivity contribution in [1.29, 1.82) is 0 Å². The minimum Gasteiger partial charge on any atom is -0.507 e. The molecule has 130 valence electrons. The van der Waals surface area contributed by atoms with Gasteiger partial charge in [-0.25, -0.2) is 0 Å². The van der Waals surface area contributed by atoms with Gasteiger partial charge in [-0.3, -0.25) is 4.99 Å². The fourth-order valence-electron chi connectivity index (χ4n) is 3.23. The molecule has 1 atom stereocenters. The van der Waals surface area contributed by atoms with Crippen molar-refractivity contribution in [3.63, 3.8) is 0 Å². The Kier molecular flexibility index (Phi) is 4.53. The van der Waals surface area contributed by atoms with E-state index in [0.29, 0.717) is 17.1 Å². The second-order valence-electron chi connectivity index (χ2n) is 6.30. The van der Waals surface area contributed by atoms with Crippen LogP contribution in [0.2, 0.25) is 0 Å². The first kappa shape index (κ1) is 17.1. The summed E-state index contributed by atoms with van der Waals surface area (Å²) >= 11 is 0. The Bertz CT molecular complexity index is 854. The Morgan fingerprint density at radius 2 is 1.88 bits per heavy atom. The molecule has 1 aliphatic heterocycles. The molecule has 4 nitrogen and oxygen atoms in total. The van der Waals surface area contributed by atoms with Crippen LogP contribution in [0.15, 0.2) is 47.5 Å². The van der Waals surface area contributed by atoms with Crippen LogP contribution in [-0.4, -0.2) is 25.0 Å². The summed E-state index contributed by atoms with van der Waals surface area (Å²) in [7, 11) is 3.13. The molecular formula is C21H23NO3. The van der Waals surface area contributed by atoms with E-state index in [1.807, 2.05) is 30.4 Å². The third-order valence-corrected chi connectivity index (χ3v) is 4.97. The molecule has 4 heteroatoms. The van der Waals surface area contributed by atoms with E-state index in [2.05, 4.69) is 19.9 Å². The van der Waals surface area contributed by atoms with E-state index >= 15 is 0 Å². The topological polar surface area (TPSA) is 51.0 Å². The molecule has 2 aromatic carbocycles. The monoisotopic (exact) mass is 337 g/mol. The first-order valence-corrected chi connectivity index (χ1v) is 8.35. The van der Waals surface area contributed by atoms with E-state index in [1.165, 1.54) is 5.56 Å². The quantitative estimate of drug-likeness (QED) is 0.846. The van der Waals surface area contributed by atoms with Gasteiger partial charge in [0.15, 0.2) is 0 Å². The normalized spacial score (nSPS) is 19.0. The van der Waals surface area contributed by atoms with Crippen molar-refractivity contribution in [3.05, 3.63) is 53.6 Å². The highest BCUT2D eigenvalue weighted by Gasteiger charge is 2.36. The molecule has 1 N–H and O–H groups in total. The fraction of sp³-hybridized carbons (Fsp3) is 0.286. The molecule has 0 aliphatic carbocycles. The second kappa shape index (κ2) is 6.63. The van der Waals surface area contributed by atoms with Crippen LogP contribution >= 0.6 is 0 Å². The summed E-state index contributed by atoms with van der Waals surface area (Å²) in [5.41, 5.74) is 3.71. The molecule has 0 saturated heterocycles. The Labute approximate surface area is 148 Å². The molecule has 0 radical (unpaired) electrons. The molecule has 3 rings (SSSR count). The summed E-state index contributed by atoms with van der Waals surface area (Å²) in [5.74, 6) is 1.22. The lowest BCUT2D eigenvalue weighted by atomic mass is 9.77. The summed E-state index contributed by atoms with van der Waals surface area (Å²) in [6.45, 7) is 4.37. The van der Waals surface area contributed by atoms with Crippen molar-refractivity contribution in [3.8, 4) is 17.2 Å². The molecule has 25 heavy (non-hydrogen) atoms. The van der Waals surface area contributed by atoms with Gasteiger partial charge in [0.1, 0.15) is 17.2 Å². The Hall–Kier alpha value is -2.75. The minimum absolute atomic E-state index is 0.113. The first-order chi connectivity index (χ1) is 12.0. The number of aliphatic imine (C=N–C) groups is 1. The molecule has 0 spiro atoms. The molecular weight excluding hydrogens is 314 g/mol. The first-order valence-electron chi connectivity index (χ1n) is 8.35. The number of rotatable bonds is 5. The van der Waals surface area contributed by atoms with Gasteiger partial charge in [-0.05, 0) is 37.1 Å². The number of nitrogens with zero attached hydrogens (tertiary/aromatic N) is 1. The van der Waals surface area contributed by atoms with Crippen molar-refractivity contribution in [2.45, 2.75) is 25.7 Å². The van der Waals surface area contributed by atoms with Gasteiger partial charge >= 0.3 is 0 Å². The van der Waals surface area contributed by atoms with Gasteiger partial charge in [0.05, 0.1) is 31.2 Å².